The molecule has 0 spiro atoms. The van der Waals surface area contributed by atoms with Gasteiger partial charge in [-0.25, -0.2) is 4.79 Å². The number of carbonyl (C=O) groups excluding carboxylic acids is 1. The Morgan fingerprint density at radius 1 is 1.32 bits per heavy atom. The molecule has 3 nitrogen and oxygen atoms in total. The molecule has 19 heavy (non-hydrogen) atoms. The second-order valence-corrected chi connectivity index (χ2v) is 5.94. The summed E-state index contributed by atoms with van der Waals surface area (Å²) in [5, 5.41) is 4.22. The van der Waals surface area contributed by atoms with E-state index in [-0.39, 0.29) is 5.97 Å². The van der Waals surface area contributed by atoms with E-state index in [4.69, 9.17) is 16.3 Å². The summed E-state index contributed by atoms with van der Waals surface area (Å²) in [6.45, 7) is 0. The van der Waals surface area contributed by atoms with E-state index in [1.807, 2.05) is 0 Å². The van der Waals surface area contributed by atoms with Crippen LogP contribution >= 0.6 is 11.6 Å². The first-order chi connectivity index (χ1) is 9.19. The molecule has 1 aromatic carbocycles. The molecule has 4 heteroatoms. The SMILES string of the molecule is COC(=O)c1ccc(Cl)c(NC(C2CC2)C2CC2)c1. The van der Waals surface area contributed by atoms with Crippen LogP contribution in [0.1, 0.15) is 36.0 Å². The molecular formula is C15H18ClNO2. The van der Waals surface area contributed by atoms with Crippen LogP contribution in [0.2, 0.25) is 5.02 Å². The van der Waals surface area contributed by atoms with E-state index in [2.05, 4.69) is 5.32 Å². The lowest BCUT2D eigenvalue weighted by atomic mass is 10.1. The summed E-state index contributed by atoms with van der Waals surface area (Å²) in [5.74, 6) is 1.24. The van der Waals surface area contributed by atoms with Gasteiger partial charge in [0.1, 0.15) is 0 Å². The first-order valence-corrected chi connectivity index (χ1v) is 7.21. The minimum Gasteiger partial charge on any atom is -0.465 e. The summed E-state index contributed by atoms with van der Waals surface area (Å²) in [6, 6.07) is 5.77. The van der Waals surface area contributed by atoms with E-state index in [1.54, 1.807) is 18.2 Å². The zero-order valence-corrected chi connectivity index (χ0v) is 11.7. The maximum absolute atomic E-state index is 11.6. The van der Waals surface area contributed by atoms with Crippen molar-refractivity contribution in [3.8, 4) is 0 Å². The quantitative estimate of drug-likeness (QED) is 0.835. The number of benzene rings is 1. The molecule has 3 rings (SSSR count). The fourth-order valence-electron chi connectivity index (χ4n) is 2.59. The topological polar surface area (TPSA) is 38.3 Å². The number of carbonyl (C=O) groups is 1. The van der Waals surface area contributed by atoms with Crippen LogP contribution in [-0.4, -0.2) is 19.1 Å². The fraction of sp³-hybridized carbons (Fsp3) is 0.533. The van der Waals surface area contributed by atoms with Gasteiger partial charge in [0.15, 0.2) is 0 Å². The van der Waals surface area contributed by atoms with Gasteiger partial charge in [-0.3, -0.25) is 0 Å². The molecule has 0 amide bonds. The summed E-state index contributed by atoms with van der Waals surface area (Å²) in [5.41, 5.74) is 1.40. The van der Waals surface area contributed by atoms with E-state index in [1.165, 1.54) is 32.8 Å². The average molecular weight is 280 g/mol. The van der Waals surface area contributed by atoms with Crippen LogP contribution in [0.5, 0.6) is 0 Å². The molecule has 102 valence electrons. The highest BCUT2D eigenvalue weighted by Gasteiger charge is 2.41. The van der Waals surface area contributed by atoms with Crippen molar-refractivity contribution in [2.45, 2.75) is 31.7 Å². The first-order valence-electron chi connectivity index (χ1n) is 6.83. The van der Waals surface area contributed by atoms with Crippen molar-refractivity contribution in [2.75, 3.05) is 12.4 Å². The van der Waals surface area contributed by atoms with E-state index in [0.29, 0.717) is 16.6 Å². The molecule has 2 aliphatic rings. The van der Waals surface area contributed by atoms with Crippen molar-refractivity contribution in [3.63, 3.8) is 0 Å². The Balaban J connectivity index is 1.80. The molecule has 0 aliphatic heterocycles. The van der Waals surface area contributed by atoms with Gasteiger partial charge in [-0.2, -0.15) is 0 Å². The van der Waals surface area contributed by atoms with Crippen LogP contribution in [0.15, 0.2) is 18.2 Å². The highest BCUT2D eigenvalue weighted by atomic mass is 35.5. The Morgan fingerprint density at radius 2 is 1.95 bits per heavy atom. The second kappa shape index (κ2) is 5.04. The van der Waals surface area contributed by atoms with Crippen LogP contribution in [0.4, 0.5) is 5.69 Å². The summed E-state index contributed by atoms with van der Waals surface area (Å²) in [7, 11) is 1.39. The third-order valence-electron chi connectivity index (χ3n) is 3.97. The predicted molar refractivity (Wildman–Crippen MR) is 75.7 cm³/mol. The molecule has 0 radical (unpaired) electrons. The largest absolute Gasteiger partial charge is 0.465 e. The van der Waals surface area contributed by atoms with Gasteiger partial charge >= 0.3 is 5.97 Å². The Bertz CT molecular complexity index is 483. The Kier molecular flexibility index (Phi) is 3.40. The second-order valence-electron chi connectivity index (χ2n) is 5.53. The average Bonchev–Trinajstić information content (AvgIpc) is 3.29. The number of hydrogen-bond acceptors (Lipinski definition) is 3. The standard InChI is InChI=1S/C15H18ClNO2/c1-19-15(18)11-6-7-12(16)13(8-11)17-14(9-2-3-9)10-4-5-10/h6-10,14,17H,2-5H2,1H3. The van der Waals surface area contributed by atoms with E-state index < -0.39 is 0 Å². The van der Waals surface area contributed by atoms with Crippen molar-refractivity contribution in [2.24, 2.45) is 11.8 Å². The summed E-state index contributed by atoms with van der Waals surface area (Å²) < 4.78 is 4.75. The van der Waals surface area contributed by atoms with Crippen LogP contribution in [0.25, 0.3) is 0 Å². The molecule has 2 saturated carbocycles. The molecule has 2 aliphatic carbocycles. The van der Waals surface area contributed by atoms with E-state index in [9.17, 15) is 4.79 Å². The van der Waals surface area contributed by atoms with Gasteiger partial charge in [0.25, 0.3) is 0 Å². The minimum atomic E-state index is -0.325. The Labute approximate surface area is 118 Å². The molecule has 0 heterocycles. The maximum atomic E-state index is 11.6. The lowest BCUT2D eigenvalue weighted by molar-refractivity contribution is 0.0601. The number of hydrogen-bond donors (Lipinski definition) is 1. The first kappa shape index (κ1) is 12.8. The highest BCUT2D eigenvalue weighted by molar-refractivity contribution is 6.33. The van der Waals surface area contributed by atoms with Gasteiger partial charge in [-0.1, -0.05) is 11.6 Å². The normalized spacial score (nSPS) is 18.5. The van der Waals surface area contributed by atoms with Gasteiger partial charge < -0.3 is 10.1 Å². The van der Waals surface area contributed by atoms with Crippen molar-refractivity contribution < 1.29 is 9.53 Å². The fourth-order valence-corrected chi connectivity index (χ4v) is 2.76. The number of nitrogens with one attached hydrogen (secondary N) is 1. The number of ether oxygens (including phenoxy) is 1. The third kappa shape index (κ3) is 2.86. The molecule has 0 saturated heterocycles. The summed E-state index contributed by atoms with van der Waals surface area (Å²) in [6.07, 6.45) is 5.23. The summed E-state index contributed by atoms with van der Waals surface area (Å²) >= 11 is 6.22. The third-order valence-corrected chi connectivity index (χ3v) is 4.30. The lowest BCUT2D eigenvalue weighted by Gasteiger charge is -2.20. The molecule has 0 atom stereocenters. The van der Waals surface area contributed by atoms with Crippen molar-refractivity contribution in [3.05, 3.63) is 28.8 Å². The van der Waals surface area contributed by atoms with Crippen molar-refractivity contribution in [1.29, 1.82) is 0 Å². The molecule has 2 fully saturated rings. The zero-order valence-electron chi connectivity index (χ0n) is 11.0. The Morgan fingerprint density at radius 3 is 2.47 bits per heavy atom. The molecule has 1 aromatic rings. The van der Waals surface area contributed by atoms with Gasteiger partial charge in [-0.05, 0) is 55.7 Å². The predicted octanol–water partition coefficient (Wildman–Crippen LogP) is 3.73. The lowest BCUT2D eigenvalue weighted by Crippen LogP contribution is -2.24. The van der Waals surface area contributed by atoms with Crippen molar-refractivity contribution >= 4 is 23.3 Å². The van der Waals surface area contributed by atoms with Gasteiger partial charge in [0.2, 0.25) is 0 Å². The highest BCUT2D eigenvalue weighted by Crippen LogP contribution is 2.46. The molecule has 0 aromatic heterocycles. The van der Waals surface area contributed by atoms with Crippen LogP contribution in [0.3, 0.4) is 0 Å². The molecular weight excluding hydrogens is 262 g/mol. The number of esters is 1. The number of rotatable bonds is 5. The van der Waals surface area contributed by atoms with Crippen molar-refractivity contribution in [1.82, 2.24) is 0 Å². The Hall–Kier alpha value is -1.22. The molecule has 0 bridgehead atoms. The van der Waals surface area contributed by atoms with Crippen LogP contribution in [0, 0.1) is 11.8 Å². The maximum Gasteiger partial charge on any atom is 0.337 e. The molecule has 1 N–H and O–H groups in total. The number of methoxy groups -OCH3 is 1. The van der Waals surface area contributed by atoms with Gasteiger partial charge in [0.05, 0.1) is 23.4 Å². The van der Waals surface area contributed by atoms with Gasteiger partial charge in [0, 0.05) is 6.04 Å². The van der Waals surface area contributed by atoms with E-state index in [0.717, 1.165) is 17.5 Å². The van der Waals surface area contributed by atoms with Gasteiger partial charge in [-0.15, -0.1) is 0 Å². The van der Waals surface area contributed by atoms with Crippen LogP contribution < -0.4 is 5.32 Å². The minimum absolute atomic E-state index is 0.325. The number of halogens is 1. The van der Waals surface area contributed by atoms with Crippen LogP contribution in [-0.2, 0) is 4.74 Å². The number of anilines is 1. The summed E-state index contributed by atoms with van der Waals surface area (Å²) in [4.78, 5) is 11.6. The monoisotopic (exact) mass is 279 g/mol. The van der Waals surface area contributed by atoms with E-state index >= 15 is 0 Å². The molecule has 0 unspecified atom stereocenters. The zero-order chi connectivity index (χ0) is 13.4. The smallest absolute Gasteiger partial charge is 0.337 e.